The van der Waals surface area contributed by atoms with Gasteiger partial charge in [0.1, 0.15) is 0 Å². The number of aromatic nitrogens is 1. The number of anilines is 1. The summed E-state index contributed by atoms with van der Waals surface area (Å²) >= 11 is 0. The normalized spacial score (nSPS) is 14.9. The Morgan fingerprint density at radius 3 is 2.54 bits per heavy atom. The molecule has 0 unspecified atom stereocenters. The zero-order valence-electron chi connectivity index (χ0n) is 14.1. The summed E-state index contributed by atoms with van der Waals surface area (Å²) in [5.74, 6) is 0. The maximum absolute atomic E-state index is 4.38. The summed E-state index contributed by atoms with van der Waals surface area (Å²) in [5.41, 5.74) is 4.18. The molecule has 3 aromatic rings. The van der Waals surface area contributed by atoms with E-state index in [0.717, 1.165) is 12.8 Å². The van der Waals surface area contributed by atoms with Gasteiger partial charge in [-0.2, -0.15) is 0 Å². The van der Waals surface area contributed by atoms with Crippen LogP contribution < -0.4 is 4.90 Å². The molecule has 122 valence electrons. The molecule has 0 amide bonds. The van der Waals surface area contributed by atoms with Gasteiger partial charge in [-0.25, -0.2) is 0 Å². The molecule has 1 aliphatic heterocycles. The number of hydrogen-bond donors (Lipinski definition) is 0. The van der Waals surface area contributed by atoms with E-state index < -0.39 is 0 Å². The van der Waals surface area contributed by atoms with Crippen LogP contribution in [0, 0.1) is 0 Å². The number of fused-ring (bicyclic) bond motifs is 1. The van der Waals surface area contributed by atoms with Crippen LogP contribution in [-0.4, -0.2) is 18.1 Å². The van der Waals surface area contributed by atoms with Crippen molar-refractivity contribution < 1.29 is 0 Å². The quantitative estimate of drug-likeness (QED) is 0.672. The van der Waals surface area contributed by atoms with E-state index in [2.05, 4.69) is 64.6 Å². The maximum atomic E-state index is 4.38. The van der Waals surface area contributed by atoms with Crippen molar-refractivity contribution in [2.75, 3.05) is 18.0 Å². The van der Waals surface area contributed by atoms with Crippen LogP contribution in [0.4, 0.5) is 5.69 Å². The standard InChI is InChI=1S/C22H24N2/c1-4-14-24(15-5-1)22-12-13-23-17-21(22)11-9-18-8-10-19-6-2-3-7-20(19)16-18/h2-3,6-8,10,12-13,16-17H,1,4-5,9,11,14-15H2. The van der Waals surface area contributed by atoms with Gasteiger partial charge in [0.25, 0.3) is 0 Å². The van der Waals surface area contributed by atoms with E-state index in [1.165, 1.54) is 59.9 Å². The summed E-state index contributed by atoms with van der Waals surface area (Å²) < 4.78 is 0. The van der Waals surface area contributed by atoms with Gasteiger partial charge in [-0.15, -0.1) is 0 Å². The van der Waals surface area contributed by atoms with Crippen LogP contribution >= 0.6 is 0 Å². The lowest BCUT2D eigenvalue weighted by molar-refractivity contribution is 0.576. The van der Waals surface area contributed by atoms with Crippen LogP contribution in [0.1, 0.15) is 30.4 Å². The first-order valence-electron chi connectivity index (χ1n) is 9.06. The minimum absolute atomic E-state index is 1.05. The summed E-state index contributed by atoms with van der Waals surface area (Å²) in [5, 5.41) is 2.65. The molecule has 24 heavy (non-hydrogen) atoms. The predicted molar refractivity (Wildman–Crippen MR) is 102 cm³/mol. The average molecular weight is 316 g/mol. The summed E-state index contributed by atoms with van der Waals surface area (Å²) in [7, 11) is 0. The van der Waals surface area contributed by atoms with Crippen molar-refractivity contribution in [2.45, 2.75) is 32.1 Å². The van der Waals surface area contributed by atoms with Crippen LogP contribution in [0.5, 0.6) is 0 Å². The van der Waals surface area contributed by atoms with Crippen LogP contribution in [0.3, 0.4) is 0 Å². The second-order valence-electron chi connectivity index (χ2n) is 6.73. The number of aryl methyl sites for hydroxylation is 2. The fraction of sp³-hybridized carbons (Fsp3) is 0.318. The molecular weight excluding hydrogens is 292 g/mol. The van der Waals surface area contributed by atoms with Crippen molar-refractivity contribution in [3.8, 4) is 0 Å². The number of benzene rings is 2. The Bertz CT molecular complexity index is 819. The smallest absolute Gasteiger partial charge is 0.0429 e. The molecular formula is C22H24N2. The molecule has 0 atom stereocenters. The molecule has 0 radical (unpaired) electrons. The number of nitrogens with zero attached hydrogens (tertiary/aromatic N) is 2. The number of hydrogen-bond acceptors (Lipinski definition) is 2. The summed E-state index contributed by atoms with van der Waals surface area (Å²) in [6, 6.07) is 17.6. The third kappa shape index (κ3) is 3.28. The highest BCUT2D eigenvalue weighted by Gasteiger charge is 2.14. The molecule has 1 aromatic heterocycles. The summed E-state index contributed by atoms with van der Waals surface area (Å²) in [6.07, 6.45) is 10.1. The van der Waals surface area contributed by atoms with E-state index in [0.29, 0.717) is 0 Å². The van der Waals surface area contributed by atoms with E-state index in [1.54, 1.807) is 0 Å². The van der Waals surface area contributed by atoms with Gasteiger partial charge in [-0.05, 0) is 60.1 Å². The Kier molecular flexibility index (Phi) is 4.46. The lowest BCUT2D eigenvalue weighted by Crippen LogP contribution is -2.30. The fourth-order valence-electron chi connectivity index (χ4n) is 3.73. The van der Waals surface area contributed by atoms with Crippen molar-refractivity contribution in [3.63, 3.8) is 0 Å². The Labute approximate surface area is 144 Å². The van der Waals surface area contributed by atoms with Gasteiger partial charge in [-0.3, -0.25) is 4.98 Å². The largest absolute Gasteiger partial charge is 0.371 e. The van der Waals surface area contributed by atoms with Crippen molar-refractivity contribution in [1.82, 2.24) is 4.98 Å². The van der Waals surface area contributed by atoms with Crippen molar-refractivity contribution in [3.05, 3.63) is 72.1 Å². The van der Waals surface area contributed by atoms with Gasteiger partial charge in [0.2, 0.25) is 0 Å². The first-order valence-corrected chi connectivity index (χ1v) is 9.06. The molecule has 2 heteroatoms. The molecule has 2 heterocycles. The van der Waals surface area contributed by atoms with Crippen molar-refractivity contribution >= 4 is 16.5 Å². The second kappa shape index (κ2) is 7.04. The van der Waals surface area contributed by atoms with Gasteiger partial charge < -0.3 is 4.90 Å². The number of rotatable bonds is 4. The Morgan fingerprint density at radius 2 is 1.67 bits per heavy atom. The van der Waals surface area contributed by atoms with Crippen LogP contribution in [0.2, 0.25) is 0 Å². The highest BCUT2D eigenvalue weighted by Crippen LogP contribution is 2.25. The van der Waals surface area contributed by atoms with Crippen molar-refractivity contribution in [2.24, 2.45) is 0 Å². The molecule has 0 spiro atoms. The lowest BCUT2D eigenvalue weighted by Gasteiger charge is -2.30. The molecule has 1 fully saturated rings. The number of piperidine rings is 1. The van der Waals surface area contributed by atoms with Gasteiger partial charge in [0, 0.05) is 31.2 Å². The van der Waals surface area contributed by atoms with Crippen LogP contribution in [0.25, 0.3) is 10.8 Å². The lowest BCUT2D eigenvalue weighted by atomic mass is 10.0. The van der Waals surface area contributed by atoms with Crippen LogP contribution in [-0.2, 0) is 12.8 Å². The minimum atomic E-state index is 1.05. The van der Waals surface area contributed by atoms with Gasteiger partial charge in [0.05, 0.1) is 0 Å². The Hall–Kier alpha value is -2.35. The van der Waals surface area contributed by atoms with Crippen molar-refractivity contribution in [1.29, 1.82) is 0 Å². The molecule has 0 N–H and O–H groups in total. The van der Waals surface area contributed by atoms with Gasteiger partial charge >= 0.3 is 0 Å². The third-order valence-corrected chi connectivity index (χ3v) is 5.07. The molecule has 2 aromatic carbocycles. The summed E-state index contributed by atoms with van der Waals surface area (Å²) in [4.78, 5) is 6.92. The molecule has 0 aliphatic carbocycles. The molecule has 0 bridgehead atoms. The Morgan fingerprint density at radius 1 is 0.833 bits per heavy atom. The second-order valence-corrected chi connectivity index (χ2v) is 6.73. The molecule has 1 aliphatic rings. The first kappa shape index (κ1) is 15.2. The minimum Gasteiger partial charge on any atom is -0.371 e. The third-order valence-electron chi connectivity index (χ3n) is 5.07. The highest BCUT2D eigenvalue weighted by molar-refractivity contribution is 5.83. The predicted octanol–water partition coefficient (Wildman–Crippen LogP) is 5.01. The van der Waals surface area contributed by atoms with Gasteiger partial charge in [-0.1, -0.05) is 42.5 Å². The zero-order valence-corrected chi connectivity index (χ0v) is 14.1. The van der Waals surface area contributed by atoms with E-state index in [1.807, 2.05) is 6.20 Å². The monoisotopic (exact) mass is 316 g/mol. The topological polar surface area (TPSA) is 16.1 Å². The fourth-order valence-corrected chi connectivity index (χ4v) is 3.73. The Balaban J connectivity index is 1.52. The van der Waals surface area contributed by atoms with E-state index in [-0.39, 0.29) is 0 Å². The highest BCUT2D eigenvalue weighted by atomic mass is 15.1. The number of pyridine rings is 1. The van der Waals surface area contributed by atoms with E-state index in [9.17, 15) is 0 Å². The molecule has 2 nitrogen and oxygen atoms in total. The van der Waals surface area contributed by atoms with E-state index >= 15 is 0 Å². The SMILES string of the molecule is c1ccc2cc(CCc3cnccc3N3CCCCC3)ccc2c1. The molecule has 0 saturated carbocycles. The first-order chi connectivity index (χ1) is 11.9. The zero-order chi connectivity index (χ0) is 16.2. The summed E-state index contributed by atoms with van der Waals surface area (Å²) in [6.45, 7) is 2.37. The average Bonchev–Trinajstić information content (AvgIpc) is 2.67. The maximum Gasteiger partial charge on any atom is 0.0429 e. The van der Waals surface area contributed by atoms with Gasteiger partial charge in [0.15, 0.2) is 0 Å². The molecule has 1 saturated heterocycles. The van der Waals surface area contributed by atoms with Crippen LogP contribution in [0.15, 0.2) is 60.9 Å². The van der Waals surface area contributed by atoms with E-state index in [4.69, 9.17) is 0 Å². The molecule has 4 rings (SSSR count).